The van der Waals surface area contributed by atoms with Crippen molar-refractivity contribution in [2.45, 2.75) is 65.2 Å². The van der Waals surface area contributed by atoms with Crippen LogP contribution in [-0.2, 0) is 0 Å². The van der Waals surface area contributed by atoms with Crippen molar-refractivity contribution < 1.29 is 0 Å². The molecule has 1 fully saturated rings. The molecule has 1 heterocycles. The van der Waals surface area contributed by atoms with Crippen molar-refractivity contribution in [1.82, 2.24) is 4.98 Å². The van der Waals surface area contributed by atoms with Gasteiger partial charge in [0.05, 0.1) is 0 Å². The highest BCUT2D eigenvalue weighted by Gasteiger charge is 2.32. The lowest BCUT2D eigenvalue weighted by atomic mass is 9.89. The van der Waals surface area contributed by atoms with Crippen LogP contribution in [0.3, 0.4) is 0 Å². The van der Waals surface area contributed by atoms with Gasteiger partial charge in [-0.25, -0.2) is 0 Å². The van der Waals surface area contributed by atoms with E-state index in [1.165, 1.54) is 36.9 Å². The lowest BCUT2D eigenvalue weighted by Gasteiger charge is -2.17. The molecule has 1 aliphatic rings. The monoisotopic (exact) mass is 231 g/mol. The number of rotatable bonds is 3. The first kappa shape index (κ1) is 12.6. The van der Waals surface area contributed by atoms with E-state index < -0.39 is 0 Å². The van der Waals surface area contributed by atoms with E-state index in [9.17, 15) is 0 Å². The van der Waals surface area contributed by atoms with E-state index in [4.69, 9.17) is 4.98 Å². The second-order valence-electron chi connectivity index (χ2n) is 6.43. The first-order chi connectivity index (χ1) is 8.02. The van der Waals surface area contributed by atoms with Gasteiger partial charge >= 0.3 is 0 Å². The molecule has 0 aliphatic heterocycles. The van der Waals surface area contributed by atoms with Crippen LogP contribution in [0.4, 0.5) is 0 Å². The van der Waals surface area contributed by atoms with Gasteiger partial charge in [0.1, 0.15) is 0 Å². The third-order valence-electron chi connectivity index (χ3n) is 4.38. The Kier molecular flexibility index (Phi) is 3.56. The smallest absolute Gasteiger partial charge is 0.0434 e. The van der Waals surface area contributed by atoms with Gasteiger partial charge in [0.15, 0.2) is 0 Å². The van der Waals surface area contributed by atoms with Gasteiger partial charge < -0.3 is 0 Å². The maximum atomic E-state index is 4.70. The minimum absolute atomic E-state index is 0.516. The molecule has 1 heteroatoms. The molecule has 0 bridgehead atoms. The molecule has 0 spiro atoms. The van der Waals surface area contributed by atoms with E-state index >= 15 is 0 Å². The molecule has 2 rings (SSSR count). The maximum absolute atomic E-state index is 4.70. The van der Waals surface area contributed by atoms with Crippen LogP contribution in [-0.4, -0.2) is 4.98 Å². The molecule has 0 aromatic carbocycles. The second-order valence-corrected chi connectivity index (χ2v) is 6.43. The lowest BCUT2D eigenvalue weighted by molar-refractivity contribution is 0.375. The van der Waals surface area contributed by atoms with Gasteiger partial charge in [0, 0.05) is 17.8 Å². The molecule has 1 saturated carbocycles. The average Bonchev–Trinajstić information content (AvgIpc) is 2.69. The van der Waals surface area contributed by atoms with Crippen LogP contribution >= 0.6 is 0 Å². The topological polar surface area (TPSA) is 12.9 Å². The van der Waals surface area contributed by atoms with Crippen molar-refractivity contribution in [3.63, 3.8) is 0 Å². The van der Waals surface area contributed by atoms with E-state index in [-0.39, 0.29) is 0 Å². The highest BCUT2D eigenvalue weighted by molar-refractivity contribution is 5.20. The fraction of sp³-hybridized carbons (Fsp3) is 0.688. The molecule has 0 N–H and O–H groups in total. The first-order valence-electron chi connectivity index (χ1n) is 6.97. The minimum Gasteiger partial charge on any atom is -0.261 e. The highest BCUT2D eigenvalue weighted by Crippen LogP contribution is 2.45. The van der Waals surface area contributed by atoms with E-state index in [0.29, 0.717) is 17.3 Å². The molecule has 0 amide bonds. The predicted molar refractivity (Wildman–Crippen MR) is 73.3 cm³/mol. The Morgan fingerprint density at radius 2 is 2.18 bits per heavy atom. The summed E-state index contributed by atoms with van der Waals surface area (Å²) in [6.45, 7) is 9.26. The summed E-state index contributed by atoms with van der Waals surface area (Å²) in [4.78, 5) is 4.70. The summed E-state index contributed by atoms with van der Waals surface area (Å²) in [6.07, 6.45) is 7.23. The Hall–Kier alpha value is -0.850. The van der Waals surface area contributed by atoms with Gasteiger partial charge in [-0.1, -0.05) is 33.8 Å². The van der Waals surface area contributed by atoms with Crippen molar-refractivity contribution in [1.29, 1.82) is 0 Å². The molecule has 1 aliphatic carbocycles. The van der Waals surface area contributed by atoms with Gasteiger partial charge in [-0.3, -0.25) is 4.98 Å². The van der Waals surface area contributed by atoms with E-state index in [2.05, 4.69) is 46.0 Å². The van der Waals surface area contributed by atoms with Crippen molar-refractivity contribution in [2.24, 2.45) is 5.41 Å². The fourth-order valence-electron chi connectivity index (χ4n) is 2.87. The third kappa shape index (κ3) is 2.88. The number of pyridine rings is 1. The van der Waals surface area contributed by atoms with Gasteiger partial charge in [-0.2, -0.15) is 0 Å². The fourth-order valence-corrected chi connectivity index (χ4v) is 2.87. The predicted octanol–water partition coefficient (Wildman–Crippen LogP) is 4.89. The van der Waals surface area contributed by atoms with E-state index in [0.717, 1.165) is 0 Å². The third-order valence-corrected chi connectivity index (χ3v) is 4.38. The zero-order valence-electron chi connectivity index (χ0n) is 11.7. The number of hydrogen-bond acceptors (Lipinski definition) is 1. The Bertz CT molecular complexity index is 364. The molecule has 0 radical (unpaired) electrons. The average molecular weight is 231 g/mol. The minimum atomic E-state index is 0.516. The van der Waals surface area contributed by atoms with Crippen molar-refractivity contribution >= 4 is 0 Å². The molecular weight excluding hydrogens is 206 g/mol. The molecule has 17 heavy (non-hydrogen) atoms. The second kappa shape index (κ2) is 4.80. The van der Waals surface area contributed by atoms with Crippen LogP contribution in [0.25, 0.3) is 0 Å². The van der Waals surface area contributed by atoms with Crippen LogP contribution in [0.1, 0.15) is 76.5 Å². The molecule has 94 valence electrons. The summed E-state index contributed by atoms with van der Waals surface area (Å²) >= 11 is 0. The van der Waals surface area contributed by atoms with Gasteiger partial charge in [0.2, 0.25) is 0 Å². The summed E-state index contributed by atoms with van der Waals surface area (Å²) in [5, 5.41) is 0. The quantitative estimate of drug-likeness (QED) is 0.722. The van der Waals surface area contributed by atoms with Crippen molar-refractivity contribution in [3.8, 4) is 0 Å². The highest BCUT2D eigenvalue weighted by atomic mass is 14.7. The van der Waals surface area contributed by atoms with Crippen LogP contribution in [0.2, 0.25) is 0 Å². The Morgan fingerprint density at radius 3 is 2.65 bits per heavy atom. The number of aromatic nitrogens is 1. The molecule has 1 aromatic rings. The van der Waals surface area contributed by atoms with Crippen molar-refractivity contribution in [3.05, 3.63) is 29.6 Å². The maximum Gasteiger partial charge on any atom is 0.0434 e. The zero-order valence-corrected chi connectivity index (χ0v) is 11.7. The summed E-state index contributed by atoms with van der Waals surface area (Å²) in [5.41, 5.74) is 3.21. The van der Waals surface area contributed by atoms with Crippen LogP contribution in [0.5, 0.6) is 0 Å². The molecule has 2 unspecified atom stereocenters. The zero-order chi connectivity index (χ0) is 12.5. The molecule has 2 atom stereocenters. The summed E-state index contributed by atoms with van der Waals surface area (Å²) < 4.78 is 0. The lowest BCUT2D eigenvalue weighted by Crippen LogP contribution is -2.05. The Morgan fingerprint density at radius 1 is 1.41 bits per heavy atom. The Labute approximate surface area is 106 Å². The molecule has 1 aromatic heterocycles. The van der Waals surface area contributed by atoms with E-state index in [1.807, 2.05) is 0 Å². The van der Waals surface area contributed by atoms with Crippen LogP contribution < -0.4 is 0 Å². The number of hydrogen-bond donors (Lipinski definition) is 0. The summed E-state index contributed by atoms with van der Waals surface area (Å²) in [6, 6.07) is 4.54. The largest absolute Gasteiger partial charge is 0.261 e. The molecule has 1 nitrogen and oxygen atoms in total. The van der Waals surface area contributed by atoms with Gasteiger partial charge in [0.25, 0.3) is 0 Å². The summed E-state index contributed by atoms with van der Waals surface area (Å²) in [5.74, 6) is 1.33. The van der Waals surface area contributed by atoms with Crippen molar-refractivity contribution in [2.75, 3.05) is 0 Å². The normalized spacial score (nSPS) is 24.8. The SMILES string of the molecule is CCC(C)c1ccc(C2CCC(C)(C)C2)nc1. The van der Waals surface area contributed by atoms with Gasteiger partial charge in [-0.05, 0) is 48.6 Å². The Balaban J connectivity index is 2.09. The molecule has 0 saturated heterocycles. The van der Waals surface area contributed by atoms with Crippen LogP contribution in [0, 0.1) is 5.41 Å². The summed E-state index contributed by atoms with van der Waals surface area (Å²) in [7, 11) is 0. The van der Waals surface area contributed by atoms with Crippen LogP contribution in [0.15, 0.2) is 18.3 Å². The van der Waals surface area contributed by atoms with Gasteiger partial charge in [-0.15, -0.1) is 0 Å². The first-order valence-corrected chi connectivity index (χ1v) is 6.97. The standard InChI is InChI=1S/C16H25N/c1-5-12(2)14-6-7-15(17-11-14)13-8-9-16(3,4)10-13/h6-7,11-13H,5,8-10H2,1-4H3. The molecular formula is C16H25N. The van der Waals surface area contributed by atoms with E-state index in [1.54, 1.807) is 0 Å². The number of nitrogens with zero attached hydrogens (tertiary/aromatic N) is 1.